The van der Waals surface area contributed by atoms with Gasteiger partial charge in [0.15, 0.2) is 5.16 Å². The highest BCUT2D eigenvalue weighted by Gasteiger charge is 2.16. The van der Waals surface area contributed by atoms with Crippen LogP contribution in [0.3, 0.4) is 0 Å². The van der Waals surface area contributed by atoms with Crippen molar-refractivity contribution in [2.45, 2.75) is 25.9 Å². The Morgan fingerprint density at radius 3 is 2.46 bits per heavy atom. The van der Waals surface area contributed by atoms with Gasteiger partial charge in [-0.1, -0.05) is 41.6 Å². The minimum Gasteiger partial charge on any atom is -0.372 e. The normalized spacial score (nSPS) is 11.0. The van der Waals surface area contributed by atoms with Crippen LogP contribution in [0, 0.1) is 6.92 Å². The van der Waals surface area contributed by atoms with Gasteiger partial charge in [0.25, 0.3) is 5.56 Å². The Hall–Kier alpha value is -3.29. The molecular weight excluding hydrogens is 480 g/mol. The van der Waals surface area contributed by atoms with Crippen LogP contribution in [0.4, 0.5) is 11.4 Å². The summed E-state index contributed by atoms with van der Waals surface area (Å²) >= 11 is 7.56. The fourth-order valence-electron chi connectivity index (χ4n) is 3.83. The quantitative estimate of drug-likeness (QED) is 0.237. The molecule has 4 aromatic rings. The third-order valence-corrected chi connectivity index (χ3v) is 7.12. The third-order valence-electron chi connectivity index (χ3n) is 5.77. The van der Waals surface area contributed by atoms with E-state index in [0.29, 0.717) is 26.8 Å². The predicted octanol–water partition coefficient (Wildman–Crippen LogP) is 5.92. The molecule has 0 saturated carbocycles. The van der Waals surface area contributed by atoms with Crippen molar-refractivity contribution in [3.63, 3.8) is 0 Å². The first-order valence-corrected chi connectivity index (χ1v) is 12.8. The Morgan fingerprint density at radius 2 is 1.77 bits per heavy atom. The van der Waals surface area contributed by atoms with E-state index in [2.05, 4.69) is 24.1 Å². The zero-order valence-electron chi connectivity index (χ0n) is 19.9. The largest absolute Gasteiger partial charge is 0.372 e. The maximum Gasteiger partial charge on any atom is 0.266 e. The van der Waals surface area contributed by atoms with E-state index in [1.54, 1.807) is 18.2 Å². The Kier molecular flexibility index (Phi) is 7.78. The van der Waals surface area contributed by atoms with Gasteiger partial charge in [0, 0.05) is 29.5 Å². The number of nitrogens with one attached hydrogen (secondary N) is 1. The number of aromatic nitrogens is 2. The van der Waals surface area contributed by atoms with Crippen LogP contribution in [0.25, 0.3) is 16.6 Å². The molecule has 0 unspecified atom stereocenters. The second-order valence-electron chi connectivity index (χ2n) is 8.04. The van der Waals surface area contributed by atoms with E-state index in [-0.39, 0.29) is 17.2 Å². The highest BCUT2D eigenvalue weighted by atomic mass is 35.5. The summed E-state index contributed by atoms with van der Waals surface area (Å²) in [6, 6.07) is 20.4. The van der Waals surface area contributed by atoms with Crippen LogP contribution in [-0.4, -0.2) is 34.3 Å². The van der Waals surface area contributed by atoms with Crippen LogP contribution >= 0.6 is 23.4 Å². The number of carbonyl (C=O) groups is 1. The molecule has 0 saturated heterocycles. The van der Waals surface area contributed by atoms with Gasteiger partial charge in [-0.3, -0.25) is 14.2 Å². The smallest absolute Gasteiger partial charge is 0.266 e. The summed E-state index contributed by atoms with van der Waals surface area (Å²) < 4.78 is 1.52. The molecule has 1 N–H and O–H groups in total. The maximum atomic E-state index is 13.4. The molecule has 6 nitrogen and oxygen atoms in total. The first-order valence-electron chi connectivity index (χ1n) is 11.5. The molecule has 0 radical (unpaired) electrons. The van der Waals surface area contributed by atoms with Gasteiger partial charge in [0.1, 0.15) is 0 Å². The van der Waals surface area contributed by atoms with E-state index in [9.17, 15) is 9.59 Å². The maximum absolute atomic E-state index is 13.4. The van der Waals surface area contributed by atoms with Gasteiger partial charge < -0.3 is 10.2 Å². The average Bonchev–Trinajstić information content (AvgIpc) is 2.86. The lowest BCUT2D eigenvalue weighted by molar-refractivity contribution is -0.113. The zero-order valence-corrected chi connectivity index (χ0v) is 21.5. The second kappa shape index (κ2) is 11.0. The number of nitrogens with zero attached hydrogens (tertiary/aromatic N) is 3. The number of carbonyl (C=O) groups excluding carboxylic acids is 1. The molecule has 0 spiro atoms. The molecule has 4 rings (SSSR count). The molecule has 1 heterocycles. The van der Waals surface area contributed by atoms with Gasteiger partial charge in [-0.05, 0) is 74.9 Å². The van der Waals surface area contributed by atoms with Gasteiger partial charge in [-0.2, -0.15) is 0 Å². The number of rotatable bonds is 8. The summed E-state index contributed by atoms with van der Waals surface area (Å²) in [7, 11) is 0. The van der Waals surface area contributed by atoms with Crippen molar-refractivity contribution in [1.82, 2.24) is 9.55 Å². The van der Waals surface area contributed by atoms with Crippen LogP contribution in [0.5, 0.6) is 0 Å². The second-order valence-corrected chi connectivity index (χ2v) is 9.39. The minimum absolute atomic E-state index is 0.0994. The molecule has 1 amide bonds. The van der Waals surface area contributed by atoms with Crippen LogP contribution in [0.1, 0.15) is 19.4 Å². The minimum atomic E-state index is -0.203. The van der Waals surface area contributed by atoms with Crippen molar-refractivity contribution in [2.75, 3.05) is 29.1 Å². The monoisotopic (exact) mass is 506 g/mol. The number of amides is 1. The summed E-state index contributed by atoms with van der Waals surface area (Å²) in [5.74, 6) is -0.0798. The van der Waals surface area contributed by atoms with Crippen molar-refractivity contribution < 1.29 is 4.79 Å². The fraction of sp³-hybridized carbons (Fsp3) is 0.222. The first kappa shape index (κ1) is 24.8. The van der Waals surface area contributed by atoms with E-state index in [0.717, 1.165) is 30.0 Å². The highest BCUT2D eigenvalue weighted by Crippen LogP contribution is 2.25. The standard InChI is InChI=1S/C27H27ClN4O2S/c1-4-31(5-2)20-14-11-19(12-15-20)29-25(33)17-35-27-30-24-9-7-6-8-22(24)26(34)32(27)21-13-10-18(3)23(28)16-21/h6-16H,4-5,17H2,1-3H3,(H,29,33). The van der Waals surface area contributed by atoms with E-state index < -0.39 is 0 Å². The summed E-state index contributed by atoms with van der Waals surface area (Å²) in [6.07, 6.45) is 0. The van der Waals surface area contributed by atoms with Crippen molar-refractivity contribution in [2.24, 2.45) is 0 Å². The van der Waals surface area contributed by atoms with Gasteiger partial charge in [-0.15, -0.1) is 0 Å². The van der Waals surface area contributed by atoms with E-state index in [1.807, 2.05) is 55.5 Å². The van der Waals surface area contributed by atoms with Crippen LogP contribution in [0.2, 0.25) is 5.02 Å². The van der Waals surface area contributed by atoms with Crippen molar-refractivity contribution in [3.8, 4) is 5.69 Å². The molecular formula is C27H27ClN4O2S. The number of halogens is 1. The molecule has 3 aromatic carbocycles. The molecule has 0 atom stereocenters. The lowest BCUT2D eigenvalue weighted by Gasteiger charge is -2.21. The Bertz CT molecular complexity index is 1420. The van der Waals surface area contributed by atoms with Crippen LogP contribution < -0.4 is 15.8 Å². The van der Waals surface area contributed by atoms with Gasteiger partial charge in [0.2, 0.25) is 5.91 Å². The Labute approximate surface area is 213 Å². The third kappa shape index (κ3) is 5.52. The molecule has 35 heavy (non-hydrogen) atoms. The van der Waals surface area contributed by atoms with Gasteiger partial charge in [0.05, 0.1) is 22.3 Å². The summed E-state index contributed by atoms with van der Waals surface area (Å²) in [4.78, 5) is 33.0. The Balaban J connectivity index is 1.58. The summed E-state index contributed by atoms with van der Waals surface area (Å²) in [6.45, 7) is 7.97. The molecule has 0 bridgehead atoms. The van der Waals surface area contributed by atoms with Crippen LogP contribution in [-0.2, 0) is 4.79 Å². The molecule has 0 aliphatic rings. The number of anilines is 2. The zero-order chi connectivity index (χ0) is 24.9. The molecule has 0 aliphatic heterocycles. The highest BCUT2D eigenvalue weighted by molar-refractivity contribution is 7.99. The average molecular weight is 507 g/mol. The number of hydrogen-bond donors (Lipinski definition) is 1. The fourth-order valence-corrected chi connectivity index (χ4v) is 4.82. The lowest BCUT2D eigenvalue weighted by atomic mass is 10.2. The van der Waals surface area contributed by atoms with E-state index in [1.165, 1.54) is 16.3 Å². The topological polar surface area (TPSA) is 67.2 Å². The van der Waals surface area contributed by atoms with E-state index >= 15 is 0 Å². The number of para-hydroxylation sites is 1. The summed E-state index contributed by atoms with van der Waals surface area (Å²) in [5.41, 5.74) is 3.74. The van der Waals surface area contributed by atoms with Crippen molar-refractivity contribution in [1.29, 1.82) is 0 Å². The van der Waals surface area contributed by atoms with Crippen molar-refractivity contribution in [3.05, 3.63) is 87.7 Å². The molecule has 180 valence electrons. The molecule has 0 fully saturated rings. The van der Waals surface area contributed by atoms with Crippen molar-refractivity contribution >= 4 is 51.5 Å². The molecule has 1 aromatic heterocycles. The number of benzene rings is 3. The van der Waals surface area contributed by atoms with Crippen LogP contribution in [0.15, 0.2) is 76.7 Å². The number of thioether (sulfide) groups is 1. The predicted molar refractivity (Wildman–Crippen MR) is 146 cm³/mol. The number of aryl methyl sites for hydroxylation is 1. The SMILES string of the molecule is CCN(CC)c1ccc(NC(=O)CSc2nc3ccccc3c(=O)n2-c2ccc(C)c(Cl)c2)cc1. The molecule has 8 heteroatoms. The first-order chi connectivity index (χ1) is 16.9. The van der Waals surface area contributed by atoms with E-state index in [4.69, 9.17) is 16.6 Å². The number of hydrogen-bond acceptors (Lipinski definition) is 5. The summed E-state index contributed by atoms with van der Waals surface area (Å²) in [5, 5.41) is 4.42. The van der Waals surface area contributed by atoms with Gasteiger partial charge in [-0.25, -0.2) is 4.98 Å². The number of fused-ring (bicyclic) bond motifs is 1. The van der Waals surface area contributed by atoms with Gasteiger partial charge >= 0.3 is 0 Å². The Morgan fingerprint density at radius 1 is 1.06 bits per heavy atom. The lowest BCUT2D eigenvalue weighted by Crippen LogP contribution is -2.23. The molecule has 0 aliphatic carbocycles.